The van der Waals surface area contributed by atoms with E-state index in [4.69, 9.17) is 0 Å². The second kappa shape index (κ2) is 5.87. The number of anilines is 1. The van der Waals surface area contributed by atoms with Gasteiger partial charge in [-0.15, -0.1) is 0 Å². The molecular formula is C14H20N2O2. The van der Waals surface area contributed by atoms with E-state index in [9.17, 15) is 9.90 Å². The Morgan fingerprint density at radius 1 is 1.39 bits per heavy atom. The Balaban J connectivity index is 2.23. The first-order chi connectivity index (χ1) is 8.72. The molecule has 1 amide bonds. The molecule has 1 heterocycles. The summed E-state index contributed by atoms with van der Waals surface area (Å²) in [6.45, 7) is 4.13. The van der Waals surface area contributed by atoms with Gasteiger partial charge in [-0.25, -0.2) is 0 Å². The Bertz CT molecular complexity index is 420. The molecule has 18 heavy (non-hydrogen) atoms. The molecule has 2 N–H and O–H groups in total. The molecule has 0 bridgehead atoms. The molecular weight excluding hydrogens is 228 g/mol. The molecule has 1 aliphatic rings. The van der Waals surface area contributed by atoms with Crippen molar-refractivity contribution in [2.24, 2.45) is 0 Å². The van der Waals surface area contributed by atoms with Crippen LogP contribution < -0.4 is 10.2 Å². The molecule has 1 saturated heterocycles. The van der Waals surface area contributed by atoms with E-state index in [1.54, 1.807) is 0 Å². The predicted molar refractivity (Wildman–Crippen MR) is 71.5 cm³/mol. The zero-order valence-electron chi connectivity index (χ0n) is 10.7. The number of amides is 1. The van der Waals surface area contributed by atoms with Crippen molar-refractivity contribution < 1.29 is 9.90 Å². The van der Waals surface area contributed by atoms with Gasteiger partial charge in [0.1, 0.15) is 0 Å². The van der Waals surface area contributed by atoms with Gasteiger partial charge in [0.05, 0.1) is 6.10 Å². The second-order valence-electron chi connectivity index (χ2n) is 4.57. The molecule has 4 nitrogen and oxygen atoms in total. The molecule has 1 atom stereocenters. The first-order valence-electron chi connectivity index (χ1n) is 6.51. The summed E-state index contributed by atoms with van der Waals surface area (Å²) in [5, 5.41) is 12.9. The van der Waals surface area contributed by atoms with E-state index in [2.05, 4.69) is 10.2 Å². The number of carbonyl (C=O) groups excluding carboxylic acids is 1. The van der Waals surface area contributed by atoms with Crippen LogP contribution in [-0.2, 0) is 4.79 Å². The summed E-state index contributed by atoms with van der Waals surface area (Å²) in [5.74, 6) is 0.103. The van der Waals surface area contributed by atoms with Crippen LogP contribution in [0.4, 0.5) is 5.69 Å². The van der Waals surface area contributed by atoms with Crippen LogP contribution >= 0.6 is 0 Å². The molecule has 4 heteroatoms. The van der Waals surface area contributed by atoms with E-state index in [1.807, 2.05) is 31.2 Å². The smallest absolute Gasteiger partial charge is 0.221 e. The largest absolute Gasteiger partial charge is 0.388 e. The Hall–Kier alpha value is -1.55. The number of para-hydroxylation sites is 1. The van der Waals surface area contributed by atoms with Gasteiger partial charge in [-0.05, 0) is 12.5 Å². The standard InChI is InChI=1S/C14H20N2O2/c1-2-13(17)11-5-3-4-6-12(11)16-9-7-14(18)15-8-10-16/h3-6,13,17H,2,7-10H2,1H3,(H,15,18)/t13-/m1/s1. The normalized spacial score (nSPS) is 18.1. The number of aliphatic hydroxyl groups excluding tert-OH is 1. The van der Waals surface area contributed by atoms with E-state index < -0.39 is 6.10 Å². The van der Waals surface area contributed by atoms with Crippen LogP contribution in [0.25, 0.3) is 0 Å². The number of nitrogens with zero attached hydrogens (tertiary/aromatic N) is 1. The van der Waals surface area contributed by atoms with E-state index in [-0.39, 0.29) is 5.91 Å². The van der Waals surface area contributed by atoms with Gasteiger partial charge in [0.15, 0.2) is 0 Å². The van der Waals surface area contributed by atoms with E-state index >= 15 is 0 Å². The van der Waals surface area contributed by atoms with Crippen molar-refractivity contribution in [3.63, 3.8) is 0 Å². The number of nitrogens with one attached hydrogen (secondary N) is 1. The van der Waals surface area contributed by atoms with Crippen LogP contribution in [0.3, 0.4) is 0 Å². The topological polar surface area (TPSA) is 52.6 Å². The number of aliphatic hydroxyl groups is 1. The van der Waals surface area contributed by atoms with Gasteiger partial charge in [-0.1, -0.05) is 25.1 Å². The highest BCUT2D eigenvalue weighted by Crippen LogP contribution is 2.28. The molecule has 1 fully saturated rings. The van der Waals surface area contributed by atoms with Crippen molar-refractivity contribution in [1.29, 1.82) is 0 Å². The maximum Gasteiger partial charge on any atom is 0.221 e. The number of hydrogen-bond acceptors (Lipinski definition) is 3. The summed E-state index contributed by atoms with van der Waals surface area (Å²) in [6, 6.07) is 7.90. The third-order valence-electron chi connectivity index (χ3n) is 3.34. The SMILES string of the molecule is CC[C@@H](O)c1ccccc1N1CCNC(=O)CC1. The third-order valence-corrected chi connectivity index (χ3v) is 3.34. The van der Waals surface area contributed by atoms with Crippen LogP contribution in [0.1, 0.15) is 31.4 Å². The van der Waals surface area contributed by atoms with Crippen molar-refractivity contribution in [3.05, 3.63) is 29.8 Å². The average Bonchev–Trinajstić information content (AvgIpc) is 2.62. The fraction of sp³-hybridized carbons (Fsp3) is 0.500. The minimum Gasteiger partial charge on any atom is -0.388 e. The summed E-state index contributed by atoms with van der Waals surface area (Å²) in [6.07, 6.45) is 0.770. The van der Waals surface area contributed by atoms with Gasteiger partial charge in [-0.2, -0.15) is 0 Å². The average molecular weight is 248 g/mol. The summed E-state index contributed by atoms with van der Waals surface area (Å²) < 4.78 is 0. The highest BCUT2D eigenvalue weighted by molar-refractivity contribution is 5.77. The van der Waals surface area contributed by atoms with Crippen LogP contribution in [0.5, 0.6) is 0 Å². The Labute approximate surface area is 108 Å². The van der Waals surface area contributed by atoms with Gasteiger partial charge >= 0.3 is 0 Å². The zero-order valence-corrected chi connectivity index (χ0v) is 10.7. The fourth-order valence-corrected chi connectivity index (χ4v) is 2.29. The molecule has 0 saturated carbocycles. The van der Waals surface area contributed by atoms with Crippen LogP contribution in [0.2, 0.25) is 0 Å². The van der Waals surface area contributed by atoms with E-state index in [0.29, 0.717) is 25.9 Å². The molecule has 1 aliphatic heterocycles. The van der Waals surface area contributed by atoms with Crippen LogP contribution in [0.15, 0.2) is 24.3 Å². The molecule has 0 aliphatic carbocycles. The number of rotatable bonds is 3. The fourth-order valence-electron chi connectivity index (χ4n) is 2.29. The lowest BCUT2D eigenvalue weighted by molar-refractivity contribution is -0.120. The minimum atomic E-state index is -0.437. The first kappa shape index (κ1) is 12.9. The molecule has 0 radical (unpaired) electrons. The van der Waals surface area contributed by atoms with Crippen molar-refractivity contribution >= 4 is 11.6 Å². The van der Waals surface area contributed by atoms with Crippen LogP contribution in [-0.4, -0.2) is 30.6 Å². The monoisotopic (exact) mass is 248 g/mol. The summed E-state index contributed by atoms with van der Waals surface area (Å²) in [7, 11) is 0. The van der Waals surface area contributed by atoms with Crippen molar-refractivity contribution in [2.45, 2.75) is 25.9 Å². The van der Waals surface area contributed by atoms with E-state index in [0.717, 1.165) is 17.8 Å². The van der Waals surface area contributed by atoms with Crippen molar-refractivity contribution in [2.75, 3.05) is 24.5 Å². The predicted octanol–water partition coefficient (Wildman–Crippen LogP) is 1.46. The van der Waals surface area contributed by atoms with Crippen molar-refractivity contribution in [3.8, 4) is 0 Å². The first-order valence-corrected chi connectivity index (χ1v) is 6.51. The lowest BCUT2D eigenvalue weighted by Gasteiger charge is -2.26. The maximum absolute atomic E-state index is 11.3. The number of benzene rings is 1. The number of carbonyl (C=O) groups is 1. The van der Waals surface area contributed by atoms with Gasteiger partial charge < -0.3 is 15.3 Å². The zero-order chi connectivity index (χ0) is 13.0. The summed E-state index contributed by atoms with van der Waals surface area (Å²) in [5.41, 5.74) is 2.00. The Morgan fingerprint density at radius 3 is 2.94 bits per heavy atom. The maximum atomic E-state index is 11.3. The third kappa shape index (κ3) is 2.82. The molecule has 1 aromatic rings. The molecule has 1 aromatic carbocycles. The van der Waals surface area contributed by atoms with Gasteiger partial charge in [0.2, 0.25) is 5.91 Å². The quantitative estimate of drug-likeness (QED) is 0.851. The summed E-state index contributed by atoms with van der Waals surface area (Å²) >= 11 is 0. The minimum absolute atomic E-state index is 0.103. The van der Waals surface area contributed by atoms with Gasteiger partial charge in [0.25, 0.3) is 0 Å². The molecule has 0 spiro atoms. The lowest BCUT2D eigenvalue weighted by atomic mass is 10.0. The van der Waals surface area contributed by atoms with Crippen LogP contribution in [0, 0.1) is 0 Å². The van der Waals surface area contributed by atoms with E-state index in [1.165, 1.54) is 0 Å². The highest BCUT2D eigenvalue weighted by atomic mass is 16.3. The lowest BCUT2D eigenvalue weighted by Crippen LogP contribution is -2.29. The summed E-state index contributed by atoms with van der Waals surface area (Å²) in [4.78, 5) is 13.5. The Morgan fingerprint density at radius 2 is 2.17 bits per heavy atom. The molecule has 98 valence electrons. The highest BCUT2D eigenvalue weighted by Gasteiger charge is 2.18. The molecule has 2 rings (SSSR count). The van der Waals surface area contributed by atoms with Gasteiger partial charge in [-0.3, -0.25) is 4.79 Å². The second-order valence-corrected chi connectivity index (χ2v) is 4.57. The molecule has 0 aromatic heterocycles. The Kier molecular flexibility index (Phi) is 4.20. The number of hydrogen-bond donors (Lipinski definition) is 2. The van der Waals surface area contributed by atoms with Crippen molar-refractivity contribution in [1.82, 2.24) is 5.32 Å². The van der Waals surface area contributed by atoms with Gasteiger partial charge in [0, 0.05) is 37.3 Å². The molecule has 0 unspecified atom stereocenters.